The van der Waals surface area contributed by atoms with Gasteiger partial charge in [0.2, 0.25) is 0 Å². The molecule has 3 aromatic rings. The van der Waals surface area contributed by atoms with E-state index in [0.29, 0.717) is 6.54 Å². The highest BCUT2D eigenvalue weighted by molar-refractivity contribution is 5.91. The number of amides is 2. The number of carbonyl (C=O) groups excluding carboxylic acids is 1. The number of fused-ring (bicyclic) bond motifs is 1. The maximum absolute atomic E-state index is 13.4. The molecule has 0 saturated carbocycles. The molecule has 1 atom stereocenters. The topological polar surface area (TPSA) is 32.3 Å². The van der Waals surface area contributed by atoms with E-state index in [2.05, 4.69) is 17.4 Å². The van der Waals surface area contributed by atoms with Gasteiger partial charge in [0.25, 0.3) is 0 Å². The largest absolute Gasteiger partial charge is 0.322 e. The number of urea groups is 1. The Labute approximate surface area is 158 Å². The van der Waals surface area contributed by atoms with E-state index in [-0.39, 0.29) is 17.9 Å². The Hall–Kier alpha value is -3.14. The van der Waals surface area contributed by atoms with Gasteiger partial charge in [-0.05, 0) is 53.8 Å². The third kappa shape index (κ3) is 3.43. The smallest absolute Gasteiger partial charge is 0.313 e. The third-order valence-corrected chi connectivity index (χ3v) is 5.12. The summed E-state index contributed by atoms with van der Waals surface area (Å²) in [5.74, 6) is -0.279. The Morgan fingerprint density at radius 3 is 2.48 bits per heavy atom. The first kappa shape index (κ1) is 17.3. The summed E-state index contributed by atoms with van der Waals surface area (Å²) in [5.41, 5.74) is 5.05. The molecule has 4 rings (SSSR count). The lowest BCUT2D eigenvalue weighted by molar-refractivity contribution is 0.194. The SMILES string of the molecule is Cc1ccccc1NC(=O)N1CCc2ccccc2C1c1ccc(F)cc1. The number of halogens is 1. The first-order valence-corrected chi connectivity index (χ1v) is 9.10. The third-order valence-electron chi connectivity index (χ3n) is 5.12. The molecule has 3 aromatic carbocycles. The van der Waals surface area contributed by atoms with Crippen molar-refractivity contribution in [2.75, 3.05) is 11.9 Å². The molecule has 2 amide bonds. The van der Waals surface area contributed by atoms with Crippen molar-refractivity contribution in [3.63, 3.8) is 0 Å². The highest BCUT2D eigenvalue weighted by Gasteiger charge is 2.32. The number of hydrogen-bond acceptors (Lipinski definition) is 1. The minimum atomic E-state index is -0.279. The summed E-state index contributed by atoms with van der Waals surface area (Å²) in [5, 5.41) is 3.03. The molecule has 0 saturated heterocycles. The molecular formula is C23H21FN2O. The minimum Gasteiger partial charge on any atom is -0.313 e. The van der Waals surface area contributed by atoms with Gasteiger partial charge in [0.1, 0.15) is 5.82 Å². The van der Waals surface area contributed by atoms with Crippen LogP contribution in [0.5, 0.6) is 0 Å². The molecule has 1 heterocycles. The van der Waals surface area contributed by atoms with Crippen molar-refractivity contribution in [3.8, 4) is 0 Å². The zero-order valence-electron chi connectivity index (χ0n) is 15.2. The van der Waals surface area contributed by atoms with Gasteiger partial charge in [0.05, 0.1) is 6.04 Å². The minimum absolute atomic E-state index is 0.145. The average Bonchev–Trinajstić information content (AvgIpc) is 2.69. The number of nitrogens with one attached hydrogen (secondary N) is 1. The van der Waals surface area contributed by atoms with Crippen molar-refractivity contribution in [3.05, 3.63) is 101 Å². The summed E-state index contributed by atoms with van der Waals surface area (Å²) in [4.78, 5) is 15.0. The highest BCUT2D eigenvalue weighted by Crippen LogP contribution is 2.35. The summed E-state index contributed by atoms with van der Waals surface area (Å²) in [6, 6.07) is 21.9. The molecular weight excluding hydrogens is 339 g/mol. The first-order chi connectivity index (χ1) is 13.1. The van der Waals surface area contributed by atoms with Gasteiger partial charge in [0.15, 0.2) is 0 Å². The molecule has 27 heavy (non-hydrogen) atoms. The van der Waals surface area contributed by atoms with Gasteiger partial charge in [-0.25, -0.2) is 9.18 Å². The van der Waals surface area contributed by atoms with E-state index in [1.54, 1.807) is 12.1 Å². The monoisotopic (exact) mass is 360 g/mol. The maximum Gasteiger partial charge on any atom is 0.322 e. The molecule has 0 bridgehead atoms. The van der Waals surface area contributed by atoms with Gasteiger partial charge in [-0.3, -0.25) is 0 Å². The number of anilines is 1. The number of hydrogen-bond donors (Lipinski definition) is 1. The molecule has 0 aromatic heterocycles. The Balaban J connectivity index is 1.71. The van der Waals surface area contributed by atoms with E-state index in [1.807, 2.05) is 48.2 Å². The predicted molar refractivity (Wildman–Crippen MR) is 105 cm³/mol. The second kappa shape index (κ2) is 7.23. The van der Waals surface area contributed by atoms with Crippen molar-refractivity contribution in [2.24, 2.45) is 0 Å². The Bertz CT molecular complexity index is 968. The van der Waals surface area contributed by atoms with Gasteiger partial charge < -0.3 is 10.2 Å². The molecule has 1 aliphatic rings. The number of aryl methyl sites for hydroxylation is 1. The van der Waals surface area contributed by atoms with Crippen LogP contribution in [0.3, 0.4) is 0 Å². The van der Waals surface area contributed by atoms with Gasteiger partial charge in [-0.1, -0.05) is 54.6 Å². The van der Waals surface area contributed by atoms with Crippen molar-refractivity contribution in [2.45, 2.75) is 19.4 Å². The van der Waals surface area contributed by atoms with Crippen LogP contribution in [0.1, 0.15) is 28.3 Å². The number of carbonyl (C=O) groups is 1. The molecule has 1 unspecified atom stereocenters. The molecule has 4 heteroatoms. The second-order valence-corrected chi connectivity index (χ2v) is 6.84. The van der Waals surface area contributed by atoms with Crippen LogP contribution in [-0.4, -0.2) is 17.5 Å². The van der Waals surface area contributed by atoms with Crippen LogP contribution < -0.4 is 5.32 Å². The molecule has 3 nitrogen and oxygen atoms in total. The van der Waals surface area contributed by atoms with Crippen LogP contribution in [0, 0.1) is 12.7 Å². The fourth-order valence-corrected chi connectivity index (χ4v) is 3.69. The van der Waals surface area contributed by atoms with Crippen LogP contribution in [0.25, 0.3) is 0 Å². The van der Waals surface area contributed by atoms with E-state index in [9.17, 15) is 9.18 Å². The molecule has 0 radical (unpaired) electrons. The van der Waals surface area contributed by atoms with Gasteiger partial charge >= 0.3 is 6.03 Å². The van der Waals surface area contributed by atoms with Crippen molar-refractivity contribution < 1.29 is 9.18 Å². The van der Waals surface area contributed by atoms with E-state index in [4.69, 9.17) is 0 Å². The lowest BCUT2D eigenvalue weighted by Gasteiger charge is -2.37. The van der Waals surface area contributed by atoms with Crippen molar-refractivity contribution in [1.82, 2.24) is 4.90 Å². The van der Waals surface area contributed by atoms with Crippen molar-refractivity contribution in [1.29, 1.82) is 0 Å². The van der Waals surface area contributed by atoms with Crippen LogP contribution in [0.4, 0.5) is 14.9 Å². The summed E-state index contributed by atoms with van der Waals surface area (Å²) in [6.45, 7) is 2.58. The summed E-state index contributed by atoms with van der Waals surface area (Å²) in [7, 11) is 0. The van der Waals surface area contributed by atoms with E-state index in [0.717, 1.165) is 28.8 Å². The fraction of sp³-hybridized carbons (Fsp3) is 0.174. The lowest BCUT2D eigenvalue weighted by atomic mass is 9.88. The molecule has 0 fully saturated rings. The average molecular weight is 360 g/mol. The highest BCUT2D eigenvalue weighted by atomic mass is 19.1. The zero-order valence-corrected chi connectivity index (χ0v) is 15.2. The Morgan fingerprint density at radius 2 is 1.70 bits per heavy atom. The molecule has 0 spiro atoms. The Morgan fingerprint density at radius 1 is 1.00 bits per heavy atom. The number of para-hydroxylation sites is 1. The summed E-state index contributed by atoms with van der Waals surface area (Å²) < 4.78 is 13.4. The van der Waals surface area contributed by atoms with E-state index < -0.39 is 0 Å². The standard InChI is InChI=1S/C23H21FN2O/c1-16-6-2-5-9-21(16)25-23(27)26-15-14-17-7-3-4-8-20(17)22(26)18-10-12-19(24)13-11-18/h2-13,22H,14-15H2,1H3,(H,25,27). The fourth-order valence-electron chi connectivity index (χ4n) is 3.69. The number of nitrogens with zero attached hydrogens (tertiary/aromatic N) is 1. The summed E-state index contributed by atoms with van der Waals surface area (Å²) >= 11 is 0. The Kier molecular flexibility index (Phi) is 4.63. The van der Waals surface area contributed by atoms with Gasteiger partial charge in [0, 0.05) is 12.2 Å². The lowest BCUT2D eigenvalue weighted by Crippen LogP contribution is -2.43. The van der Waals surface area contributed by atoms with E-state index >= 15 is 0 Å². The van der Waals surface area contributed by atoms with Gasteiger partial charge in [-0.15, -0.1) is 0 Å². The molecule has 0 aliphatic carbocycles. The van der Waals surface area contributed by atoms with Crippen LogP contribution >= 0.6 is 0 Å². The van der Waals surface area contributed by atoms with Gasteiger partial charge in [-0.2, -0.15) is 0 Å². The molecule has 1 N–H and O–H groups in total. The van der Waals surface area contributed by atoms with Crippen LogP contribution in [0.2, 0.25) is 0 Å². The summed E-state index contributed by atoms with van der Waals surface area (Å²) in [6.07, 6.45) is 0.801. The quantitative estimate of drug-likeness (QED) is 0.660. The predicted octanol–water partition coefficient (Wildman–Crippen LogP) is 5.31. The zero-order chi connectivity index (χ0) is 18.8. The number of rotatable bonds is 2. The van der Waals surface area contributed by atoms with Crippen molar-refractivity contribution >= 4 is 11.7 Å². The maximum atomic E-state index is 13.4. The second-order valence-electron chi connectivity index (χ2n) is 6.84. The van der Waals surface area contributed by atoms with Crippen LogP contribution in [-0.2, 0) is 6.42 Å². The molecule has 1 aliphatic heterocycles. The van der Waals surface area contributed by atoms with Crippen LogP contribution in [0.15, 0.2) is 72.8 Å². The molecule has 136 valence electrons. The first-order valence-electron chi connectivity index (χ1n) is 9.10. The normalized spacial score (nSPS) is 15.9. The van der Waals surface area contributed by atoms with E-state index in [1.165, 1.54) is 17.7 Å². The number of benzene rings is 3.